The molecule has 0 spiro atoms. The topological polar surface area (TPSA) is 128 Å². The van der Waals surface area contributed by atoms with E-state index in [9.17, 15) is 18.0 Å². The van der Waals surface area contributed by atoms with E-state index in [-0.39, 0.29) is 25.4 Å². The van der Waals surface area contributed by atoms with Crippen LogP contribution in [-0.4, -0.2) is 53.9 Å². The fraction of sp³-hybridized carbons (Fsp3) is 0.500. The molecule has 1 aromatic heterocycles. The summed E-state index contributed by atoms with van der Waals surface area (Å²) in [5.74, 6) is -2.73. The molecule has 112 valence electrons. The van der Waals surface area contributed by atoms with Crippen molar-refractivity contribution in [1.29, 1.82) is 0 Å². The van der Waals surface area contributed by atoms with Gasteiger partial charge in [0.25, 0.3) is 0 Å². The minimum Gasteiger partial charge on any atom is -0.476 e. The Morgan fingerprint density at radius 1 is 1.50 bits per heavy atom. The van der Waals surface area contributed by atoms with E-state index in [1.807, 2.05) is 0 Å². The number of nitrogens with one attached hydrogen (secondary N) is 1. The number of rotatable bonds is 8. The quantitative estimate of drug-likeness (QED) is 0.593. The van der Waals surface area contributed by atoms with Crippen LogP contribution in [0.3, 0.4) is 0 Å². The highest BCUT2D eigenvalue weighted by atomic mass is 32.2. The van der Waals surface area contributed by atoms with Crippen LogP contribution in [0.1, 0.15) is 17.4 Å². The Bertz CT molecular complexity index is 580. The molecule has 0 aromatic carbocycles. The van der Waals surface area contributed by atoms with Crippen LogP contribution in [-0.2, 0) is 26.1 Å². The zero-order valence-corrected chi connectivity index (χ0v) is 11.6. The Labute approximate surface area is 115 Å². The predicted molar refractivity (Wildman–Crippen MR) is 67.6 cm³/mol. The maximum Gasteiger partial charge on any atom is 0.356 e. The zero-order chi connectivity index (χ0) is 15.2. The first kappa shape index (κ1) is 16.1. The molecule has 1 aromatic rings. The standard InChI is InChI=1S/C10H15N3O6S/c1-2-19-9(14)6-20(17,18)12-3-4-13-5-8(10(15)16)11-7-13/h5,7,12H,2-4,6H2,1H3,(H,15,16). The van der Waals surface area contributed by atoms with E-state index < -0.39 is 27.7 Å². The average Bonchev–Trinajstić information content (AvgIpc) is 2.77. The van der Waals surface area contributed by atoms with Crippen LogP contribution in [0.4, 0.5) is 0 Å². The van der Waals surface area contributed by atoms with Crippen molar-refractivity contribution in [2.24, 2.45) is 0 Å². The predicted octanol–water partition coefficient (Wildman–Crippen LogP) is -0.936. The minimum atomic E-state index is -3.76. The van der Waals surface area contributed by atoms with Gasteiger partial charge in [-0.25, -0.2) is 22.9 Å². The largest absolute Gasteiger partial charge is 0.476 e. The number of sulfonamides is 1. The molecule has 0 aliphatic heterocycles. The summed E-state index contributed by atoms with van der Waals surface area (Å²) in [4.78, 5) is 25.3. The smallest absolute Gasteiger partial charge is 0.356 e. The van der Waals surface area contributed by atoms with Crippen LogP contribution >= 0.6 is 0 Å². The average molecular weight is 305 g/mol. The van der Waals surface area contributed by atoms with Crippen LogP contribution in [0.15, 0.2) is 12.5 Å². The second kappa shape index (κ2) is 7.01. The summed E-state index contributed by atoms with van der Waals surface area (Å²) >= 11 is 0. The van der Waals surface area contributed by atoms with Crippen molar-refractivity contribution in [3.05, 3.63) is 18.2 Å². The summed E-state index contributed by atoms with van der Waals surface area (Å²) in [7, 11) is -3.76. The Morgan fingerprint density at radius 3 is 2.75 bits per heavy atom. The molecule has 0 saturated carbocycles. The molecule has 10 heteroatoms. The van der Waals surface area contributed by atoms with E-state index in [1.165, 1.54) is 17.1 Å². The minimum absolute atomic E-state index is 0.0111. The van der Waals surface area contributed by atoms with E-state index in [4.69, 9.17) is 5.11 Å². The SMILES string of the molecule is CCOC(=O)CS(=O)(=O)NCCn1cnc(C(=O)O)c1. The van der Waals surface area contributed by atoms with Gasteiger partial charge in [-0.2, -0.15) is 0 Å². The number of aromatic nitrogens is 2. The molecule has 0 bridgehead atoms. The highest BCUT2D eigenvalue weighted by molar-refractivity contribution is 7.90. The Morgan fingerprint density at radius 2 is 2.20 bits per heavy atom. The van der Waals surface area contributed by atoms with Crippen LogP contribution < -0.4 is 4.72 Å². The summed E-state index contributed by atoms with van der Waals surface area (Å²) < 4.78 is 31.1. The van der Waals surface area contributed by atoms with Crippen molar-refractivity contribution in [3.8, 4) is 0 Å². The van der Waals surface area contributed by atoms with Crippen molar-refractivity contribution < 1.29 is 27.9 Å². The molecule has 0 fully saturated rings. The lowest BCUT2D eigenvalue weighted by Crippen LogP contribution is -2.33. The van der Waals surface area contributed by atoms with Crippen LogP contribution in [0.5, 0.6) is 0 Å². The molecule has 0 saturated heterocycles. The number of esters is 1. The number of hydrogen-bond acceptors (Lipinski definition) is 6. The van der Waals surface area contributed by atoms with Gasteiger partial charge in [-0.3, -0.25) is 4.79 Å². The lowest BCUT2D eigenvalue weighted by molar-refractivity contribution is -0.139. The first-order valence-corrected chi connectivity index (χ1v) is 7.37. The molecule has 0 radical (unpaired) electrons. The molecule has 0 aliphatic rings. The number of aromatic carboxylic acids is 1. The van der Waals surface area contributed by atoms with Gasteiger partial charge < -0.3 is 14.4 Å². The third kappa shape index (κ3) is 5.36. The summed E-state index contributed by atoms with van der Waals surface area (Å²) in [6.07, 6.45) is 2.56. The fourth-order valence-electron chi connectivity index (χ4n) is 1.33. The van der Waals surface area contributed by atoms with Gasteiger partial charge in [0.05, 0.1) is 12.9 Å². The Kier molecular flexibility index (Phi) is 5.65. The van der Waals surface area contributed by atoms with Crippen LogP contribution in [0.2, 0.25) is 0 Å². The van der Waals surface area contributed by atoms with E-state index in [1.54, 1.807) is 6.92 Å². The highest BCUT2D eigenvalue weighted by Crippen LogP contribution is 1.96. The molecule has 1 rings (SSSR count). The Hall–Kier alpha value is -1.94. The summed E-state index contributed by atoms with van der Waals surface area (Å²) in [5, 5.41) is 8.66. The van der Waals surface area contributed by atoms with Crippen molar-refractivity contribution in [2.75, 3.05) is 18.9 Å². The molecule has 0 aliphatic carbocycles. The van der Waals surface area contributed by atoms with Gasteiger partial charge in [0.2, 0.25) is 10.0 Å². The van der Waals surface area contributed by atoms with Crippen LogP contribution in [0, 0.1) is 0 Å². The number of imidazole rings is 1. The van der Waals surface area contributed by atoms with Crippen molar-refractivity contribution in [3.63, 3.8) is 0 Å². The monoisotopic (exact) mass is 305 g/mol. The first-order chi connectivity index (χ1) is 9.34. The maximum atomic E-state index is 11.5. The van der Waals surface area contributed by atoms with Gasteiger partial charge in [-0.1, -0.05) is 0 Å². The summed E-state index contributed by atoms with van der Waals surface area (Å²) in [6.45, 7) is 1.90. The van der Waals surface area contributed by atoms with Crippen molar-refractivity contribution >= 4 is 22.0 Å². The number of ether oxygens (including phenoxy) is 1. The second-order valence-electron chi connectivity index (χ2n) is 3.76. The molecule has 2 N–H and O–H groups in total. The number of carbonyl (C=O) groups is 2. The number of nitrogens with zero attached hydrogens (tertiary/aromatic N) is 2. The Balaban J connectivity index is 2.42. The van der Waals surface area contributed by atoms with E-state index >= 15 is 0 Å². The van der Waals surface area contributed by atoms with Crippen LogP contribution in [0.25, 0.3) is 0 Å². The molecule has 9 nitrogen and oxygen atoms in total. The zero-order valence-electron chi connectivity index (χ0n) is 10.8. The van der Waals surface area contributed by atoms with Gasteiger partial charge >= 0.3 is 11.9 Å². The molecule has 20 heavy (non-hydrogen) atoms. The lowest BCUT2D eigenvalue weighted by Gasteiger charge is -2.06. The van der Waals surface area contributed by atoms with E-state index in [0.717, 1.165) is 0 Å². The van der Waals surface area contributed by atoms with Gasteiger partial charge in [0.1, 0.15) is 0 Å². The lowest BCUT2D eigenvalue weighted by atomic mass is 10.5. The molecule has 0 unspecified atom stereocenters. The van der Waals surface area contributed by atoms with Crippen molar-refractivity contribution in [2.45, 2.75) is 13.5 Å². The van der Waals surface area contributed by atoms with Gasteiger partial charge in [-0.05, 0) is 6.92 Å². The third-order valence-corrected chi connectivity index (χ3v) is 3.42. The normalized spacial score (nSPS) is 11.2. The molecule has 0 amide bonds. The van der Waals surface area contributed by atoms with Gasteiger partial charge in [0.15, 0.2) is 11.4 Å². The highest BCUT2D eigenvalue weighted by Gasteiger charge is 2.16. The number of hydrogen-bond donors (Lipinski definition) is 2. The number of carboxylic acid groups (broad SMARTS) is 1. The molecule has 0 atom stereocenters. The number of carbonyl (C=O) groups excluding carboxylic acids is 1. The molecule has 1 heterocycles. The first-order valence-electron chi connectivity index (χ1n) is 5.72. The molecular weight excluding hydrogens is 290 g/mol. The second-order valence-corrected chi connectivity index (χ2v) is 5.57. The maximum absolute atomic E-state index is 11.5. The summed E-state index contributed by atoms with van der Waals surface area (Å²) in [5.41, 5.74) is -0.126. The van der Waals surface area contributed by atoms with E-state index in [0.29, 0.717) is 0 Å². The van der Waals surface area contributed by atoms with Gasteiger partial charge in [-0.15, -0.1) is 0 Å². The molecular formula is C10H15N3O6S. The number of carboxylic acids is 1. The van der Waals surface area contributed by atoms with Gasteiger partial charge in [0, 0.05) is 19.3 Å². The fourth-order valence-corrected chi connectivity index (χ4v) is 2.23. The third-order valence-electron chi connectivity index (χ3n) is 2.16. The summed E-state index contributed by atoms with van der Waals surface area (Å²) in [6, 6.07) is 0. The van der Waals surface area contributed by atoms with E-state index in [2.05, 4.69) is 14.4 Å². The van der Waals surface area contributed by atoms with Crippen molar-refractivity contribution in [1.82, 2.24) is 14.3 Å².